The molecule has 0 bridgehead atoms. The molecule has 2 fully saturated rings. The standard InChI is InChI=1S/C14H17ClN2O3/c15-11-2-1-10(9-12(11)16)13(18)17-5-3-14(4-6-17)19-7-8-20-14/h1-2,9H,3-8,16H2. The van der Waals surface area contributed by atoms with Crippen molar-refractivity contribution in [3.8, 4) is 0 Å². The molecule has 20 heavy (non-hydrogen) atoms. The molecule has 0 radical (unpaired) electrons. The van der Waals surface area contributed by atoms with Crippen LogP contribution in [0, 0.1) is 0 Å². The number of nitrogens with zero attached hydrogens (tertiary/aromatic N) is 1. The number of anilines is 1. The van der Waals surface area contributed by atoms with Crippen LogP contribution in [0.2, 0.25) is 5.02 Å². The number of ether oxygens (including phenoxy) is 2. The Morgan fingerprint density at radius 1 is 1.25 bits per heavy atom. The maximum Gasteiger partial charge on any atom is 0.253 e. The lowest BCUT2D eigenvalue weighted by molar-refractivity contribution is -0.181. The van der Waals surface area contributed by atoms with Crippen LogP contribution in [0.15, 0.2) is 18.2 Å². The minimum absolute atomic E-state index is 0.0267. The summed E-state index contributed by atoms with van der Waals surface area (Å²) in [6, 6.07) is 4.98. The predicted molar refractivity (Wildman–Crippen MR) is 75.6 cm³/mol. The monoisotopic (exact) mass is 296 g/mol. The first kappa shape index (κ1) is 13.7. The molecular weight excluding hydrogens is 280 g/mol. The van der Waals surface area contributed by atoms with Gasteiger partial charge >= 0.3 is 0 Å². The molecule has 0 atom stereocenters. The second kappa shape index (κ2) is 5.24. The Hall–Kier alpha value is -1.30. The van der Waals surface area contributed by atoms with Crippen molar-refractivity contribution in [1.29, 1.82) is 0 Å². The molecule has 0 aromatic heterocycles. The Bertz CT molecular complexity index is 519. The minimum Gasteiger partial charge on any atom is -0.398 e. The highest BCUT2D eigenvalue weighted by molar-refractivity contribution is 6.33. The average Bonchev–Trinajstić information content (AvgIpc) is 2.90. The number of amides is 1. The number of halogens is 1. The molecular formula is C14H17ClN2O3. The van der Waals surface area contributed by atoms with Gasteiger partial charge in [-0.2, -0.15) is 0 Å². The third-order valence-corrected chi connectivity index (χ3v) is 4.21. The van der Waals surface area contributed by atoms with Gasteiger partial charge in [-0.25, -0.2) is 0 Å². The average molecular weight is 297 g/mol. The van der Waals surface area contributed by atoms with Gasteiger partial charge in [-0.15, -0.1) is 0 Å². The highest BCUT2D eigenvalue weighted by Gasteiger charge is 2.40. The quantitative estimate of drug-likeness (QED) is 0.804. The van der Waals surface area contributed by atoms with Crippen molar-refractivity contribution in [1.82, 2.24) is 4.90 Å². The van der Waals surface area contributed by atoms with Crippen LogP contribution in [-0.2, 0) is 9.47 Å². The van der Waals surface area contributed by atoms with Gasteiger partial charge in [0.05, 0.1) is 23.9 Å². The fourth-order valence-corrected chi connectivity index (χ4v) is 2.81. The number of hydrogen-bond donors (Lipinski definition) is 1. The van der Waals surface area contributed by atoms with E-state index in [0.29, 0.717) is 55.4 Å². The fraction of sp³-hybridized carbons (Fsp3) is 0.500. The van der Waals surface area contributed by atoms with Crippen LogP contribution in [0.1, 0.15) is 23.2 Å². The second-order valence-corrected chi connectivity index (χ2v) is 5.54. The summed E-state index contributed by atoms with van der Waals surface area (Å²) < 4.78 is 11.3. The molecule has 0 unspecified atom stereocenters. The molecule has 3 rings (SSSR count). The van der Waals surface area contributed by atoms with E-state index in [9.17, 15) is 4.79 Å². The molecule has 1 amide bonds. The first-order valence-corrected chi connectivity index (χ1v) is 7.10. The maximum atomic E-state index is 12.4. The van der Waals surface area contributed by atoms with E-state index < -0.39 is 5.79 Å². The summed E-state index contributed by atoms with van der Waals surface area (Å²) >= 11 is 5.87. The largest absolute Gasteiger partial charge is 0.398 e. The van der Waals surface area contributed by atoms with Crippen molar-refractivity contribution < 1.29 is 14.3 Å². The summed E-state index contributed by atoms with van der Waals surface area (Å²) in [5, 5.41) is 0.465. The van der Waals surface area contributed by atoms with Gasteiger partial charge in [0.15, 0.2) is 5.79 Å². The molecule has 2 saturated heterocycles. The Labute approximate surface area is 122 Å². The predicted octanol–water partition coefficient (Wildman–Crippen LogP) is 1.90. The Morgan fingerprint density at radius 2 is 1.90 bits per heavy atom. The third-order valence-electron chi connectivity index (χ3n) is 3.87. The van der Waals surface area contributed by atoms with E-state index in [1.807, 2.05) is 0 Å². The van der Waals surface area contributed by atoms with Crippen LogP contribution in [0.25, 0.3) is 0 Å². The first-order valence-electron chi connectivity index (χ1n) is 6.72. The summed E-state index contributed by atoms with van der Waals surface area (Å²) in [5.41, 5.74) is 6.73. The van der Waals surface area contributed by atoms with Crippen LogP contribution >= 0.6 is 11.6 Å². The topological polar surface area (TPSA) is 64.8 Å². The van der Waals surface area contributed by atoms with E-state index in [1.54, 1.807) is 23.1 Å². The zero-order valence-electron chi connectivity index (χ0n) is 11.1. The summed E-state index contributed by atoms with van der Waals surface area (Å²) in [6.45, 7) is 2.53. The lowest BCUT2D eigenvalue weighted by atomic mass is 10.0. The summed E-state index contributed by atoms with van der Waals surface area (Å²) in [7, 11) is 0. The lowest BCUT2D eigenvalue weighted by Crippen LogP contribution is -2.47. The van der Waals surface area contributed by atoms with Gasteiger partial charge in [0.2, 0.25) is 0 Å². The van der Waals surface area contributed by atoms with Crippen LogP contribution < -0.4 is 5.73 Å². The van der Waals surface area contributed by atoms with Gasteiger partial charge in [-0.05, 0) is 18.2 Å². The number of rotatable bonds is 1. The number of likely N-dealkylation sites (tertiary alicyclic amines) is 1. The highest BCUT2D eigenvalue weighted by Crippen LogP contribution is 2.32. The van der Waals surface area contributed by atoms with Crippen molar-refractivity contribution in [2.45, 2.75) is 18.6 Å². The van der Waals surface area contributed by atoms with Crippen LogP contribution in [-0.4, -0.2) is 42.9 Å². The lowest BCUT2D eigenvalue weighted by Gasteiger charge is -2.37. The molecule has 1 spiro atoms. The molecule has 2 heterocycles. The van der Waals surface area contributed by atoms with E-state index in [2.05, 4.69) is 0 Å². The molecule has 2 aliphatic rings. The van der Waals surface area contributed by atoms with E-state index in [4.69, 9.17) is 26.8 Å². The summed E-state index contributed by atoms with van der Waals surface area (Å²) in [6.07, 6.45) is 1.42. The molecule has 108 valence electrons. The molecule has 1 aromatic rings. The third kappa shape index (κ3) is 2.49. The van der Waals surface area contributed by atoms with Gasteiger partial charge in [-0.3, -0.25) is 4.79 Å². The van der Waals surface area contributed by atoms with Gasteiger partial charge in [0.1, 0.15) is 0 Å². The second-order valence-electron chi connectivity index (χ2n) is 5.14. The van der Waals surface area contributed by atoms with Gasteiger partial charge in [-0.1, -0.05) is 11.6 Å². The van der Waals surface area contributed by atoms with Crippen molar-refractivity contribution in [3.05, 3.63) is 28.8 Å². The smallest absolute Gasteiger partial charge is 0.253 e. The molecule has 0 saturated carbocycles. The molecule has 2 N–H and O–H groups in total. The van der Waals surface area contributed by atoms with E-state index in [0.717, 1.165) is 0 Å². The Balaban J connectivity index is 1.68. The van der Waals surface area contributed by atoms with Crippen molar-refractivity contribution in [3.63, 3.8) is 0 Å². The number of nitrogen functional groups attached to an aromatic ring is 1. The van der Waals surface area contributed by atoms with Crippen LogP contribution in [0.3, 0.4) is 0 Å². The number of carbonyl (C=O) groups excluding carboxylic acids is 1. The first-order chi connectivity index (χ1) is 9.60. The van der Waals surface area contributed by atoms with Crippen molar-refractivity contribution in [2.75, 3.05) is 32.0 Å². The fourth-order valence-electron chi connectivity index (χ4n) is 2.70. The number of benzene rings is 1. The minimum atomic E-state index is -0.462. The van der Waals surface area contributed by atoms with Gasteiger partial charge in [0, 0.05) is 31.5 Å². The van der Waals surface area contributed by atoms with Gasteiger partial charge < -0.3 is 20.1 Å². The van der Waals surface area contributed by atoms with E-state index in [1.165, 1.54) is 0 Å². The zero-order valence-corrected chi connectivity index (χ0v) is 11.9. The normalized spacial score (nSPS) is 21.4. The van der Waals surface area contributed by atoms with E-state index >= 15 is 0 Å². The SMILES string of the molecule is Nc1cc(C(=O)N2CCC3(CC2)OCCO3)ccc1Cl. The van der Waals surface area contributed by atoms with E-state index in [-0.39, 0.29) is 5.91 Å². The molecule has 2 aliphatic heterocycles. The molecule has 5 nitrogen and oxygen atoms in total. The highest BCUT2D eigenvalue weighted by atomic mass is 35.5. The van der Waals surface area contributed by atoms with Crippen molar-refractivity contribution in [2.24, 2.45) is 0 Å². The zero-order chi connectivity index (χ0) is 14.2. The Morgan fingerprint density at radius 3 is 2.50 bits per heavy atom. The van der Waals surface area contributed by atoms with Crippen LogP contribution in [0.4, 0.5) is 5.69 Å². The maximum absolute atomic E-state index is 12.4. The van der Waals surface area contributed by atoms with Gasteiger partial charge in [0.25, 0.3) is 5.91 Å². The molecule has 0 aliphatic carbocycles. The van der Waals surface area contributed by atoms with Crippen LogP contribution in [0.5, 0.6) is 0 Å². The summed E-state index contributed by atoms with van der Waals surface area (Å²) in [5.74, 6) is -0.489. The molecule has 1 aromatic carbocycles. The molecule has 6 heteroatoms. The number of nitrogens with two attached hydrogens (primary N) is 1. The number of carbonyl (C=O) groups is 1. The summed E-state index contributed by atoms with van der Waals surface area (Å²) in [4.78, 5) is 14.2. The number of hydrogen-bond acceptors (Lipinski definition) is 4. The number of piperidine rings is 1. The van der Waals surface area contributed by atoms with Crippen molar-refractivity contribution >= 4 is 23.2 Å². The Kier molecular flexibility index (Phi) is 3.58.